The minimum Gasteiger partial charge on any atom is -0.478 e. The number of carbonyl (C=O) groups is 3. The molecule has 0 unspecified atom stereocenters. The number of primary amides is 1. The third-order valence-corrected chi connectivity index (χ3v) is 5.51. The number of hydrogen-bond acceptors (Lipinski definition) is 3. The first-order valence-electron chi connectivity index (χ1n) is 10.7. The fourth-order valence-electron chi connectivity index (χ4n) is 3.83. The second kappa shape index (κ2) is 11.0. The molecule has 0 bridgehead atoms. The first-order valence-corrected chi connectivity index (χ1v) is 10.7. The lowest BCUT2D eigenvalue weighted by molar-refractivity contribution is -0.117. The van der Waals surface area contributed by atoms with Gasteiger partial charge in [-0.15, -0.1) is 0 Å². The molecule has 4 aromatic rings. The minimum absolute atomic E-state index is 0.0277. The van der Waals surface area contributed by atoms with Crippen molar-refractivity contribution in [2.24, 2.45) is 5.73 Å². The maximum atomic E-state index is 11.2. The molecule has 3 aromatic carbocycles. The number of aromatic carboxylic acids is 2. The fraction of sp³-hybridized carbons (Fsp3) is 0.148. The first-order chi connectivity index (χ1) is 16.3. The van der Waals surface area contributed by atoms with E-state index in [1.54, 1.807) is 0 Å². The monoisotopic (exact) mass is 458 g/mol. The molecule has 0 aliphatic carbocycles. The van der Waals surface area contributed by atoms with E-state index in [-0.39, 0.29) is 22.6 Å². The normalized spacial score (nSPS) is 10.4. The number of aryl methyl sites for hydroxylation is 2. The summed E-state index contributed by atoms with van der Waals surface area (Å²) in [5.41, 5.74) is 9.15. The number of carbonyl (C=O) groups excluding carboxylic acids is 1. The lowest BCUT2D eigenvalue weighted by Gasteiger charge is -2.05. The van der Waals surface area contributed by atoms with Gasteiger partial charge in [-0.3, -0.25) is 4.79 Å². The second-order valence-electron chi connectivity index (χ2n) is 7.83. The standard InChI is InChI=1S/C18H18N2O.C9H8O4/c19-18(21)12-15-13-20(17-9-5-4-8-16(15)17)11-10-14-6-2-1-3-7-14;1-5-6(8(10)11)3-2-4-7(5)9(12)13/h1-9,13H,10-12H2,(H2,19,21);2-4H,1H3,(H,10,11)(H,12,13). The second-order valence-corrected chi connectivity index (χ2v) is 7.83. The van der Waals surface area contributed by atoms with Gasteiger partial charge >= 0.3 is 11.9 Å². The van der Waals surface area contributed by atoms with Gasteiger partial charge in [0.05, 0.1) is 17.5 Å². The van der Waals surface area contributed by atoms with Crippen molar-refractivity contribution in [3.8, 4) is 0 Å². The zero-order valence-corrected chi connectivity index (χ0v) is 18.8. The maximum absolute atomic E-state index is 11.2. The average Bonchev–Trinajstić information content (AvgIpc) is 3.15. The number of carboxylic acid groups (broad SMARTS) is 2. The van der Waals surface area contributed by atoms with E-state index in [1.807, 2.05) is 24.3 Å². The lowest BCUT2D eigenvalue weighted by Crippen LogP contribution is -2.13. The Morgan fingerprint density at radius 1 is 0.824 bits per heavy atom. The number of hydrogen-bond donors (Lipinski definition) is 3. The molecular formula is C27H26N2O5. The first kappa shape index (κ1) is 24.3. The molecule has 0 aliphatic rings. The topological polar surface area (TPSA) is 123 Å². The van der Waals surface area contributed by atoms with Crippen molar-refractivity contribution in [1.29, 1.82) is 0 Å². The molecule has 1 amide bonds. The Kier molecular flexibility index (Phi) is 7.82. The maximum Gasteiger partial charge on any atom is 0.335 e. The summed E-state index contributed by atoms with van der Waals surface area (Å²) in [5, 5.41) is 18.5. The Bertz CT molecular complexity index is 1290. The van der Waals surface area contributed by atoms with E-state index in [1.165, 1.54) is 30.7 Å². The molecule has 174 valence electrons. The number of nitrogens with zero attached hydrogens (tertiary/aromatic N) is 1. The summed E-state index contributed by atoms with van der Waals surface area (Å²) in [6.45, 7) is 2.37. The summed E-state index contributed by atoms with van der Waals surface area (Å²) in [5.74, 6) is -2.51. The number of aromatic nitrogens is 1. The van der Waals surface area contributed by atoms with Crippen molar-refractivity contribution in [2.45, 2.75) is 26.3 Å². The average molecular weight is 459 g/mol. The Hall–Kier alpha value is -4.39. The molecule has 1 aromatic heterocycles. The predicted octanol–water partition coefficient (Wildman–Crippen LogP) is 4.30. The van der Waals surface area contributed by atoms with E-state index in [9.17, 15) is 14.4 Å². The molecule has 0 spiro atoms. The van der Waals surface area contributed by atoms with Crippen molar-refractivity contribution < 1.29 is 24.6 Å². The number of carboxylic acids is 2. The van der Waals surface area contributed by atoms with Gasteiger partial charge < -0.3 is 20.5 Å². The summed E-state index contributed by atoms with van der Waals surface area (Å²) in [7, 11) is 0. The number of amides is 1. The van der Waals surface area contributed by atoms with Crippen LogP contribution in [0.15, 0.2) is 79.0 Å². The van der Waals surface area contributed by atoms with Gasteiger partial charge in [0.1, 0.15) is 0 Å². The van der Waals surface area contributed by atoms with Crippen LogP contribution < -0.4 is 5.73 Å². The molecule has 0 saturated carbocycles. The van der Waals surface area contributed by atoms with Crippen molar-refractivity contribution in [3.63, 3.8) is 0 Å². The summed E-state index contributed by atoms with van der Waals surface area (Å²) >= 11 is 0. The molecule has 0 saturated heterocycles. The van der Waals surface area contributed by atoms with Crippen LogP contribution in [0.4, 0.5) is 0 Å². The van der Waals surface area contributed by atoms with Crippen LogP contribution in [0.25, 0.3) is 10.9 Å². The molecule has 1 heterocycles. The molecule has 4 rings (SSSR count). The van der Waals surface area contributed by atoms with Gasteiger partial charge in [0, 0.05) is 23.6 Å². The molecule has 0 atom stereocenters. The number of para-hydroxylation sites is 1. The van der Waals surface area contributed by atoms with Gasteiger partial charge in [0.2, 0.25) is 5.91 Å². The molecule has 7 nitrogen and oxygen atoms in total. The third kappa shape index (κ3) is 5.89. The summed E-state index contributed by atoms with van der Waals surface area (Å²) in [6, 6.07) is 22.7. The quantitative estimate of drug-likeness (QED) is 0.381. The fourth-order valence-corrected chi connectivity index (χ4v) is 3.83. The highest BCUT2D eigenvalue weighted by Crippen LogP contribution is 2.22. The van der Waals surface area contributed by atoms with E-state index in [2.05, 4.69) is 41.1 Å². The highest BCUT2D eigenvalue weighted by Gasteiger charge is 2.13. The number of rotatable bonds is 7. The molecular weight excluding hydrogens is 432 g/mol. The van der Waals surface area contributed by atoms with Gasteiger partial charge in [-0.05, 0) is 48.2 Å². The smallest absolute Gasteiger partial charge is 0.335 e. The Morgan fingerprint density at radius 2 is 1.41 bits per heavy atom. The summed E-state index contributed by atoms with van der Waals surface area (Å²) < 4.78 is 2.21. The highest BCUT2D eigenvalue weighted by molar-refractivity contribution is 5.96. The molecule has 0 fully saturated rings. The minimum atomic E-state index is -1.11. The van der Waals surface area contributed by atoms with Crippen LogP contribution in [0.5, 0.6) is 0 Å². The third-order valence-electron chi connectivity index (χ3n) is 5.51. The number of nitrogens with two attached hydrogens (primary N) is 1. The van der Waals surface area contributed by atoms with Crippen molar-refractivity contribution in [2.75, 3.05) is 0 Å². The van der Waals surface area contributed by atoms with Crippen molar-refractivity contribution in [3.05, 3.63) is 107 Å². The molecule has 34 heavy (non-hydrogen) atoms. The Balaban J connectivity index is 0.000000215. The number of benzene rings is 3. The van der Waals surface area contributed by atoms with Crippen LogP contribution in [0.1, 0.15) is 37.4 Å². The predicted molar refractivity (Wildman–Crippen MR) is 130 cm³/mol. The van der Waals surface area contributed by atoms with E-state index in [4.69, 9.17) is 15.9 Å². The number of fused-ring (bicyclic) bond motifs is 1. The van der Waals surface area contributed by atoms with Gasteiger partial charge in [-0.2, -0.15) is 0 Å². The van der Waals surface area contributed by atoms with Crippen LogP contribution >= 0.6 is 0 Å². The van der Waals surface area contributed by atoms with E-state index >= 15 is 0 Å². The van der Waals surface area contributed by atoms with E-state index in [0.29, 0.717) is 6.42 Å². The Labute approximate surface area is 197 Å². The van der Waals surface area contributed by atoms with Gasteiger partial charge in [0.25, 0.3) is 0 Å². The van der Waals surface area contributed by atoms with Crippen LogP contribution in [0.2, 0.25) is 0 Å². The highest BCUT2D eigenvalue weighted by atomic mass is 16.4. The van der Waals surface area contributed by atoms with Gasteiger partial charge in [-0.25, -0.2) is 9.59 Å². The van der Waals surface area contributed by atoms with Gasteiger partial charge in [0.15, 0.2) is 0 Å². The van der Waals surface area contributed by atoms with Crippen molar-refractivity contribution in [1.82, 2.24) is 4.57 Å². The van der Waals surface area contributed by atoms with E-state index in [0.717, 1.165) is 29.4 Å². The van der Waals surface area contributed by atoms with Crippen LogP contribution in [-0.4, -0.2) is 32.6 Å². The Morgan fingerprint density at radius 3 is 2.00 bits per heavy atom. The molecule has 4 N–H and O–H groups in total. The summed E-state index contributed by atoms with van der Waals surface area (Å²) in [6.07, 6.45) is 3.31. The summed E-state index contributed by atoms with van der Waals surface area (Å²) in [4.78, 5) is 32.4. The SMILES string of the molecule is Cc1c(C(=O)O)cccc1C(=O)O.NC(=O)Cc1cn(CCc2ccccc2)c2ccccc12. The lowest BCUT2D eigenvalue weighted by atomic mass is 10.0. The van der Waals surface area contributed by atoms with Crippen LogP contribution in [0, 0.1) is 6.92 Å². The van der Waals surface area contributed by atoms with E-state index < -0.39 is 11.9 Å². The van der Waals surface area contributed by atoms with Crippen LogP contribution in [-0.2, 0) is 24.2 Å². The zero-order valence-electron chi connectivity index (χ0n) is 18.8. The van der Waals surface area contributed by atoms with Crippen LogP contribution in [0.3, 0.4) is 0 Å². The molecule has 7 heteroatoms. The van der Waals surface area contributed by atoms with Gasteiger partial charge in [-0.1, -0.05) is 54.6 Å². The molecule has 0 radical (unpaired) electrons. The zero-order chi connectivity index (χ0) is 24.7. The van der Waals surface area contributed by atoms with Crippen molar-refractivity contribution >= 4 is 28.7 Å². The molecule has 0 aliphatic heterocycles. The largest absolute Gasteiger partial charge is 0.478 e.